The molecule has 7 heteroatoms. The number of amides is 1. The first kappa shape index (κ1) is 16.6. The van der Waals surface area contributed by atoms with E-state index in [2.05, 4.69) is 0 Å². The van der Waals surface area contributed by atoms with E-state index >= 15 is 0 Å². The number of halogens is 4. The Balaban J connectivity index is 2.31. The predicted molar refractivity (Wildman–Crippen MR) is 73.4 cm³/mol. The Hall–Kier alpha value is -1.79. The van der Waals surface area contributed by atoms with Crippen LogP contribution in [0.3, 0.4) is 0 Å². The standard InChI is InChI=1S/C15H17F4NO2/c1-14(2,3)22-13(21)20-8-9(7-15(17,18)19)11-6-10(16)4-5-12(11)20/h4-6,9H,7-8H2,1-3H3. The second kappa shape index (κ2) is 5.44. The zero-order valence-electron chi connectivity index (χ0n) is 12.5. The van der Waals surface area contributed by atoms with Crippen LogP contribution in [0.4, 0.5) is 28.0 Å². The molecule has 1 unspecified atom stereocenters. The minimum absolute atomic E-state index is 0.173. The molecule has 2 rings (SSSR count). The Labute approximate surface area is 125 Å². The molecule has 0 saturated heterocycles. The Morgan fingerprint density at radius 1 is 1.32 bits per heavy atom. The fourth-order valence-electron chi connectivity index (χ4n) is 2.46. The van der Waals surface area contributed by atoms with Crippen LogP contribution in [0.2, 0.25) is 0 Å². The summed E-state index contributed by atoms with van der Waals surface area (Å²) < 4.78 is 56.6. The number of carbonyl (C=O) groups is 1. The third-order valence-electron chi connectivity index (χ3n) is 3.21. The first-order valence-electron chi connectivity index (χ1n) is 6.83. The summed E-state index contributed by atoms with van der Waals surface area (Å²) in [6.45, 7) is 4.83. The summed E-state index contributed by atoms with van der Waals surface area (Å²) in [4.78, 5) is 13.3. The molecule has 1 aromatic carbocycles. The molecule has 1 atom stereocenters. The van der Waals surface area contributed by atoms with Crippen LogP contribution < -0.4 is 4.90 Å². The fraction of sp³-hybridized carbons (Fsp3) is 0.533. The smallest absolute Gasteiger partial charge is 0.414 e. The fourth-order valence-corrected chi connectivity index (χ4v) is 2.46. The van der Waals surface area contributed by atoms with E-state index in [0.29, 0.717) is 0 Å². The summed E-state index contributed by atoms with van der Waals surface area (Å²) in [7, 11) is 0. The van der Waals surface area contributed by atoms with Crippen LogP contribution in [0.1, 0.15) is 38.7 Å². The van der Waals surface area contributed by atoms with Gasteiger partial charge in [-0.1, -0.05) is 0 Å². The molecular weight excluding hydrogens is 302 g/mol. The third-order valence-corrected chi connectivity index (χ3v) is 3.21. The summed E-state index contributed by atoms with van der Waals surface area (Å²) in [5.41, 5.74) is -0.313. The van der Waals surface area contributed by atoms with Crippen LogP contribution in [-0.4, -0.2) is 24.4 Å². The van der Waals surface area contributed by atoms with Gasteiger partial charge < -0.3 is 4.74 Å². The van der Waals surface area contributed by atoms with Crippen molar-refractivity contribution in [3.05, 3.63) is 29.6 Å². The Kier molecular flexibility index (Phi) is 4.10. The lowest BCUT2D eigenvalue weighted by Crippen LogP contribution is -2.36. The van der Waals surface area contributed by atoms with Gasteiger partial charge in [0.05, 0.1) is 12.1 Å². The number of hydrogen-bond acceptors (Lipinski definition) is 2. The van der Waals surface area contributed by atoms with Crippen LogP contribution in [-0.2, 0) is 4.74 Å². The summed E-state index contributed by atoms with van der Waals surface area (Å²) in [6, 6.07) is 3.48. The van der Waals surface area contributed by atoms with E-state index in [4.69, 9.17) is 4.74 Å². The highest BCUT2D eigenvalue weighted by Gasteiger charge is 2.41. The molecule has 1 amide bonds. The van der Waals surface area contributed by atoms with Gasteiger partial charge in [0, 0.05) is 12.5 Å². The minimum Gasteiger partial charge on any atom is -0.443 e. The average molecular weight is 319 g/mol. The number of ether oxygens (including phenoxy) is 1. The second-order valence-electron chi connectivity index (χ2n) is 6.31. The molecule has 1 heterocycles. The molecule has 0 bridgehead atoms. The van der Waals surface area contributed by atoms with Crippen molar-refractivity contribution < 1.29 is 27.1 Å². The van der Waals surface area contributed by atoms with Gasteiger partial charge in [0.2, 0.25) is 0 Å². The lowest BCUT2D eigenvalue weighted by molar-refractivity contribution is -0.138. The maximum absolute atomic E-state index is 13.4. The number of rotatable bonds is 1. The largest absolute Gasteiger partial charge is 0.443 e. The van der Waals surface area contributed by atoms with Gasteiger partial charge in [-0.2, -0.15) is 13.2 Å². The monoisotopic (exact) mass is 319 g/mol. The van der Waals surface area contributed by atoms with E-state index in [1.807, 2.05) is 0 Å². The molecule has 1 aliphatic heterocycles. The molecule has 0 spiro atoms. The molecule has 3 nitrogen and oxygen atoms in total. The Morgan fingerprint density at radius 2 is 1.95 bits per heavy atom. The van der Waals surface area contributed by atoms with Gasteiger partial charge in [-0.15, -0.1) is 0 Å². The normalized spacial score (nSPS) is 18.3. The second-order valence-corrected chi connectivity index (χ2v) is 6.31. The number of carbonyl (C=O) groups excluding carboxylic acids is 1. The third kappa shape index (κ3) is 3.90. The van der Waals surface area contributed by atoms with Crippen molar-refractivity contribution >= 4 is 11.8 Å². The molecule has 0 N–H and O–H groups in total. The molecule has 122 valence electrons. The molecule has 22 heavy (non-hydrogen) atoms. The number of hydrogen-bond donors (Lipinski definition) is 0. The number of fused-ring (bicyclic) bond motifs is 1. The topological polar surface area (TPSA) is 29.5 Å². The Bertz CT molecular complexity index is 578. The number of anilines is 1. The van der Waals surface area contributed by atoms with Gasteiger partial charge in [0.25, 0.3) is 0 Å². The predicted octanol–water partition coefficient (Wildman–Crippen LogP) is 4.62. The van der Waals surface area contributed by atoms with Crippen molar-refractivity contribution in [3.63, 3.8) is 0 Å². The number of alkyl halides is 3. The number of benzene rings is 1. The minimum atomic E-state index is -4.39. The lowest BCUT2D eigenvalue weighted by Gasteiger charge is -2.25. The zero-order chi connectivity index (χ0) is 16.7. The molecule has 0 aliphatic carbocycles. The van der Waals surface area contributed by atoms with E-state index in [-0.39, 0.29) is 17.8 Å². The molecule has 1 aliphatic rings. The molecular formula is C15H17F4NO2. The van der Waals surface area contributed by atoms with Crippen LogP contribution in [0.15, 0.2) is 18.2 Å². The molecule has 1 aromatic rings. The van der Waals surface area contributed by atoms with Crippen molar-refractivity contribution in [1.29, 1.82) is 0 Å². The van der Waals surface area contributed by atoms with Gasteiger partial charge in [-0.3, -0.25) is 4.90 Å². The summed E-state index contributed by atoms with van der Waals surface area (Å²) >= 11 is 0. The summed E-state index contributed by atoms with van der Waals surface area (Å²) in [5, 5.41) is 0. The number of nitrogens with zero attached hydrogens (tertiary/aromatic N) is 1. The van der Waals surface area contributed by atoms with E-state index in [0.717, 1.165) is 17.0 Å². The highest BCUT2D eigenvalue weighted by molar-refractivity contribution is 5.91. The SMILES string of the molecule is CC(C)(C)OC(=O)N1CC(CC(F)(F)F)c2cc(F)ccc21. The van der Waals surface area contributed by atoms with E-state index in [1.54, 1.807) is 20.8 Å². The van der Waals surface area contributed by atoms with E-state index in [1.165, 1.54) is 6.07 Å². The van der Waals surface area contributed by atoms with E-state index < -0.39 is 36.0 Å². The van der Waals surface area contributed by atoms with Gasteiger partial charge in [0.1, 0.15) is 11.4 Å². The molecule has 0 saturated carbocycles. The quantitative estimate of drug-likeness (QED) is 0.707. The van der Waals surface area contributed by atoms with Crippen molar-refractivity contribution in [2.75, 3.05) is 11.4 Å². The van der Waals surface area contributed by atoms with Crippen molar-refractivity contribution in [3.8, 4) is 0 Å². The first-order chi connectivity index (χ1) is 9.96. The van der Waals surface area contributed by atoms with E-state index in [9.17, 15) is 22.4 Å². The van der Waals surface area contributed by atoms with Crippen molar-refractivity contribution in [1.82, 2.24) is 0 Å². The van der Waals surface area contributed by atoms with Crippen molar-refractivity contribution in [2.45, 2.75) is 44.9 Å². The summed E-state index contributed by atoms with van der Waals surface area (Å²) in [5.74, 6) is -1.62. The highest BCUT2D eigenvalue weighted by atomic mass is 19.4. The molecule has 0 fully saturated rings. The van der Waals surface area contributed by atoms with Gasteiger partial charge in [-0.25, -0.2) is 9.18 Å². The van der Waals surface area contributed by atoms with Crippen LogP contribution in [0.5, 0.6) is 0 Å². The van der Waals surface area contributed by atoms with Gasteiger partial charge in [-0.05, 0) is 44.5 Å². The summed E-state index contributed by atoms with van der Waals surface area (Å²) in [6.07, 6.45) is -6.23. The van der Waals surface area contributed by atoms with Crippen LogP contribution >= 0.6 is 0 Å². The average Bonchev–Trinajstić information content (AvgIpc) is 2.63. The van der Waals surface area contributed by atoms with Crippen LogP contribution in [0, 0.1) is 5.82 Å². The highest BCUT2D eigenvalue weighted by Crippen LogP contribution is 2.42. The molecule has 0 radical (unpaired) electrons. The van der Waals surface area contributed by atoms with Crippen molar-refractivity contribution in [2.24, 2.45) is 0 Å². The van der Waals surface area contributed by atoms with Crippen LogP contribution in [0.25, 0.3) is 0 Å². The lowest BCUT2D eigenvalue weighted by atomic mass is 9.98. The first-order valence-corrected chi connectivity index (χ1v) is 6.83. The Morgan fingerprint density at radius 3 is 2.50 bits per heavy atom. The maximum Gasteiger partial charge on any atom is 0.414 e. The van der Waals surface area contributed by atoms with Gasteiger partial charge in [0.15, 0.2) is 0 Å². The maximum atomic E-state index is 13.4. The van der Waals surface area contributed by atoms with Gasteiger partial charge >= 0.3 is 12.3 Å². The molecule has 0 aromatic heterocycles. The zero-order valence-corrected chi connectivity index (χ0v) is 12.5.